The molecular formula is C18H16ClF3N6O3S. The second kappa shape index (κ2) is 8.74. The Bertz CT molecular complexity index is 1230. The lowest BCUT2D eigenvalue weighted by Gasteiger charge is -2.15. The van der Waals surface area contributed by atoms with E-state index in [4.69, 9.17) is 11.6 Å². The number of nitrogens with zero attached hydrogens (tertiary/aromatic N) is 4. The molecule has 9 nitrogen and oxygen atoms in total. The molecule has 0 aliphatic rings. The first kappa shape index (κ1) is 23.5. The third kappa shape index (κ3) is 5.34. The Labute approximate surface area is 185 Å². The van der Waals surface area contributed by atoms with Crippen molar-refractivity contribution in [2.75, 3.05) is 10.0 Å². The third-order valence-corrected chi connectivity index (χ3v) is 5.83. The molecule has 0 aliphatic carbocycles. The monoisotopic (exact) mass is 488 g/mol. The van der Waals surface area contributed by atoms with Gasteiger partial charge in [0, 0.05) is 11.4 Å². The van der Waals surface area contributed by atoms with Gasteiger partial charge in [0.15, 0.2) is 16.7 Å². The fourth-order valence-electron chi connectivity index (χ4n) is 2.66. The van der Waals surface area contributed by atoms with Crippen LogP contribution in [-0.2, 0) is 21.0 Å². The van der Waals surface area contributed by atoms with E-state index in [2.05, 4.69) is 25.3 Å². The first-order valence-corrected chi connectivity index (χ1v) is 10.8. The molecule has 0 bridgehead atoms. The molecule has 0 spiro atoms. The highest BCUT2D eigenvalue weighted by atomic mass is 35.5. The van der Waals surface area contributed by atoms with Crippen LogP contribution in [-0.4, -0.2) is 34.3 Å². The maximum atomic E-state index is 12.8. The second-order valence-electron chi connectivity index (χ2n) is 6.65. The van der Waals surface area contributed by atoms with Crippen LogP contribution < -0.4 is 10.0 Å². The van der Waals surface area contributed by atoms with Crippen molar-refractivity contribution in [3.05, 3.63) is 59.0 Å². The van der Waals surface area contributed by atoms with Crippen LogP contribution in [0, 0.1) is 6.92 Å². The standard InChI is InChI=1S/C18H16ClF3N6O3S/c1-10-9-14(18(20,21)22)26-28(10)11(2)17(29)23-12-3-5-13(6-4-12)32(30,31)27-16-8-7-15(19)24-25-16/h3-9,11H,1-2H3,(H,23,29)(H,25,27). The van der Waals surface area contributed by atoms with Crippen molar-refractivity contribution in [3.63, 3.8) is 0 Å². The number of benzene rings is 1. The van der Waals surface area contributed by atoms with Crippen molar-refractivity contribution in [1.29, 1.82) is 0 Å². The SMILES string of the molecule is Cc1cc(C(F)(F)F)nn1C(C)C(=O)Nc1ccc(S(=O)(=O)Nc2ccc(Cl)nn2)cc1. The highest BCUT2D eigenvalue weighted by molar-refractivity contribution is 7.92. The lowest BCUT2D eigenvalue weighted by molar-refractivity contribution is -0.141. The number of halogens is 4. The molecule has 1 unspecified atom stereocenters. The van der Waals surface area contributed by atoms with Gasteiger partial charge in [0.25, 0.3) is 10.0 Å². The fraction of sp³-hybridized carbons (Fsp3) is 0.222. The van der Waals surface area contributed by atoms with Crippen LogP contribution in [0.15, 0.2) is 47.4 Å². The number of hydrogen-bond acceptors (Lipinski definition) is 6. The van der Waals surface area contributed by atoms with Gasteiger partial charge < -0.3 is 5.32 Å². The van der Waals surface area contributed by atoms with Crippen LogP contribution in [0.4, 0.5) is 24.7 Å². The minimum absolute atomic E-state index is 0.0339. The average Bonchev–Trinajstić information content (AvgIpc) is 3.11. The number of alkyl halides is 3. The number of hydrogen-bond donors (Lipinski definition) is 2. The largest absolute Gasteiger partial charge is 0.435 e. The molecule has 1 atom stereocenters. The maximum absolute atomic E-state index is 12.8. The number of aromatic nitrogens is 4. The fourth-order valence-corrected chi connectivity index (χ4v) is 3.76. The number of carbonyl (C=O) groups excluding carboxylic acids is 1. The number of carbonyl (C=O) groups is 1. The van der Waals surface area contributed by atoms with E-state index in [1.807, 2.05) is 0 Å². The minimum atomic E-state index is -4.63. The molecule has 0 saturated carbocycles. The smallest absolute Gasteiger partial charge is 0.324 e. The van der Waals surface area contributed by atoms with E-state index in [0.717, 1.165) is 10.7 Å². The molecule has 32 heavy (non-hydrogen) atoms. The van der Waals surface area contributed by atoms with E-state index in [0.29, 0.717) is 0 Å². The zero-order valence-corrected chi connectivity index (χ0v) is 18.1. The van der Waals surface area contributed by atoms with Crippen LogP contribution in [0.25, 0.3) is 0 Å². The molecule has 0 saturated heterocycles. The number of aryl methyl sites for hydroxylation is 1. The summed E-state index contributed by atoms with van der Waals surface area (Å²) in [4.78, 5) is 12.4. The van der Waals surface area contributed by atoms with Gasteiger partial charge in [-0.15, -0.1) is 10.2 Å². The van der Waals surface area contributed by atoms with Crippen molar-refractivity contribution >= 4 is 39.0 Å². The molecular weight excluding hydrogens is 473 g/mol. The summed E-state index contributed by atoms with van der Waals surface area (Å²) in [6, 6.07) is 7.67. The van der Waals surface area contributed by atoms with Crippen molar-refractivity contribution < 1.29 is 26.4 Å². The Morgan fingerprint density at radius 3 is 2.31 bits per heavy atom. The summed E-state index contributed by atoms with van der Waals surface area (Å²) < 4.78 is 66.6. The molecule has 14 heteroatoms. The topological polar surface area (TPSA) is 119 Å². The van der Waals surface area contributed by atoms with Gasteiger partial charge in [-0.2, -0.15) is 18.3 Å². The molecule has 1 amide bonds. The van der Waals surface area contributed by atoms with E-state index >= 15 is 0 Å². The van der Waals surface area contributed by atoms with Gasteiger partial charge in [-0.3, -0.25) is 14.2 Å². The molecule has 2 N–H and O–H groups in total. The predicted octanol–water partition coefficient (Wildman–Crippen LogP) is 3.65. The molecule has 170 valence electrons. The predicted molar refractivity (Wildman–Crippen MR) is 110 cm³/mol. The van der Waals surface area contributed by atoms with Gasteiger partial charge in [0.2, 0.25) is 5.91 Å². The Morgan fingerprint density at radius 2 is 1.78 bits per heavy atom. The Balaban J connectivity index is 1.70. The van der Waals surface area contributed by atoms with Crippen LogP contribution in [0.3, 0.4) is 0 Å². The van der Waals surface area contributed by atoms with Crippen LogP contribution >= 0.6 is 11.6 Å². The van der Waals surface area contributed by atoms with E-state index < -0.39 is 33.8 Å². The lowest BCUT2D eigenvalue weighted by Crippen LogP contribution is -2.25. The zero-order chi connectivity index (χ0) is 23.7. The number of sulfonamides is 1. The van der Waals surface area contributed by atoms with Crippen molar-refractivity contribution in [2.45, 2.75) is 31.0 Å². The van der Waals surface area contributed by atoms with E-state index in [1.54, 1.807) is 0 Å². The lowest BCUT2D eigenvalue weighted by atomic mass is 10.2. The van der Waals surface area contributed by atoms with Gasteiger partial charge in [0.1, 0.15) is 6.04 Å². The van der Waals surface area contributed by atoms with Crippen LogP contribution in [0.1, 0.15) is 24.4 Å². The average molecular weight is 489 g/mol. The maximum Gasteiger partial charge on any atom is 0.435 e. The van der Waals surface area contributed by atoms with Crippen molar-refractivity contribution in [1.82, 2.24) is 20.0 Å². The van der Waals surface area contributed by atoms with E-state index in [-0.39, 0.29) is 27.2 Å². The number of anilines is 2. The van der Waals surface area contributed by atoms with Gasteiger partial charge in [0.05, 0.1) is 4.90 Å². The number of amides is 1. The van der Waals surface area contributed by atoms with E-state index in [9.17, 15) is 26.4 Å². The first-order chi connectivity index (χ1) is 14.9. The summed E-state index contributed by atoms with van der Waals surface area (Å²) in [5, 5.41) is 13.2. The Hall–Kier alpha value is -3.19. The van der Waals surface area contributed by atoms with Gasteiger partial charge >= 0.3 is 6.18 Å². The Kier molecular flexibility index (Phi) is 6.41. The van der Waals surface area contributed by atoms with Gasteiger partial charge in [-0.1, -0.05) is 11.6 Å². The minimum Gasteiger partial charge on any atom is -0.324 e. The molecule has 2 aromatic heterocycles. The van der Waals surface area contributed by atoms with Crippen molar-refractivity contribution in [2.24, 2.45) is 0 Å². The van der Waals surface area contributed by atoms with Crippen LogP contribution in [0.5, 0.6) is 0 Å². The molecule has 3 aromatic rings. The van der Waals surface area contributed by atoms with Crippen molar-refractivity contribution in [3.8, 4) is 0 Å². The summed E-state index contributed by atoms with van der Waals surface area (Å²) in [5.74, 6) is -0.663. The second-order valence-corrected chi connectivity index (χ2v) is 8.72. The summed E-state index contributed by atoms with van der Waals surface area (Å²) in [7, 11) is -3.98. The van der Waals surface area contributed by atoms with E-state index in [1.165, 1.54) is 50.2 Å². The molecule has 0 fully saturated rings. The number of nitrogens with one attached hydrogen (secondary N) is 2. The third-order valence-electron chi connectivity index (χ3n) is 4.26. The normalized spacial score (nSPS) is 12.9. The quantitative estimate of drug-likeness (QED) is 0.546. The number of rotatable bonds is 6. The molecule has 0 aliphatic heterocycles. The highest BCUT2D eigenvalue weighted by Crippen LogP contribution is 2.29. The molecule has 1 aromatic carbocycles. The molecule has 3 rings (SSSR count). The molecule has 2 heterocycles. The van der Waals surface area contributed by atoms with Gasteiger partial charge in [-0.25, -0.2) is 8.42 Å². The summed E-state index contributed by atoms with van der Waals surface area (Å²) in [6.07, 6.45) is -4.63. The summed E-state index contributed by atoms with van der Waals surface area (Å²) in [5.41, 5.74) is -0.687. The summed E-state index contributed by atoms with van der Waals surface area (Å²) in [6.45, 7) is 2.80. The highest BCUT2D eigenvalue weighted by Gasteiger charge is 2.35. The zero-order valence-electron chi connectivity index (χ0n) is 16.6. The summed E-state index contributed by atoms with van der Waals surface area (Å²) >= 11 is 5.61. The molecule has 0 radical (unpaired) electrons. The van der Waals surface area contributed by atoms with Gasteiger partial charge in [-0.05, 0) is 56.3 Å². The Morgan fingerprint density at radius 1 is 1.12 bits per heavy atom. The first-order valence-electron chi connectivity index (χ1n) is 8.93. The van der Waals surface area contributed by atoms with Crippen LogP contribution in [0.2, 0.25) is 5.15 Å².